The molecule has 0 bridgehead atoms. The Balaban J connectivity index is 2.28. The zero-order valence-corrected chi connectivity index (χ0v) is 10.9. The van der Waals surface area contributed by atoms with Crippen molar-refractivity contribution >= 4 is 17.3 Å². The van der Waals surface area contributed by atoms with E-state index < -0.39 is 0 Å². The number of nitrogens with zero attached hydrogens (tertiary/aromatic N) is 4. The fraction of sp³-hybridized carbons (Fsp3) is 0.455. The second kappa shape index (κ2) is 5.19. The Bertz CT molecular complexity index is 519. The summed E-state index contributed by atoms with van der Waals surface area (Å²) in [7, 11) is 4.07. The van der Waals surface area contributed by atoms with E-state index in [1.165, 1.54) is 0 Å². The van der Waals surface area contributed by atoms with Crippen LogP contribution >= 0.6 is 0 Å². The molecule has 0 spiro atoms. The molecular weight excluding hydrogens is 230 g/mol. The van der Waals surface area contributed by atoms with E-state index >= 15 is 0 Å². The van der Waals surface area contributed by atoms with Crippen molar-refractivity contribution in [3.05, 3.63) is 18.6 Å². The fourth-order valence-electron chi connectivity index (χ4n) is 1.92. The zero-order chi connectivity index (χ0) is 13.1. The SMILES string of the molecule is CC(CN(C)C)Nc1nc(NN)cn2ccnc12. The van der Waals surface area contributed by atoms with E-state index in [2.05, 4.69) is 32.5 Å². The number of hydrogen-bond acceptors (Lipinski definition) is 6. The lowest BCUT2D eigenvalue weighted by molar-refractivity contribution is 0.392. The summed E-state index contributed by atoms with van der Waals surface area (Å²) in [5.41, 5.74) is 3.34. The molecule has 0 saturated heterocycles. The molecular formula is C11H19N7. The maximum absolute atomic E-state index is 5.41. The predicted octanol–water partition coefficient (Wildman–Crippen LogP) is 0.377. The summed E-state index contributed by atoms with van der Waals surface area (Å²) < 4.78 is 1.88. The summed E-state index contributed by atoms with van der Waals surface area (Å²) in [5.74, 6) is 6.73. The van der Waals surface area contributed by atoms with Crippen LogP contribution in [-0.2, 0) is 0 Å². The number of anilines is 2. The highest BCUT2D eigenvalue weighted by molar-refractivity contribution is 5.65. The lowest BCUT2D eigenvalue weighted by atomic mass is 10.3. The van der Waals surface area contributed by atoms with Gasteiger partial charge in [0.2, 0.25) is 0 Å². The number of hydrogen-bond donors (Lipinski definition) is 3. The number of nitrogen functional groups attached to an aromatic ring is 1. The molecule has 2 heterocycles. The second-order valence-electron chi connectivity index (χ2n) is 4.58. The number of hydrazine groups is 1. The monoisotopic (exact) mass is 249 g/mol. The number of likely N-dealkylation sites (N-methyl/N-ethyl adjacent to an activating group) is 1. The minimum absolute atomic E-state index is 0.265. The second-order valence-corrected chi connectivity index (χ2v) is 4.58. The molecule has 1 unspecified atom stereocenters. The normalized spacial score (nSPS) is 12.9. The summed E-state index contributed by atoms with van der Waals surface area (Å²) >= 11 is 0. The van der Waals surface area contributed by atoms with Gasteiger partial charge in [-0.3, -0.25) is 0 Å². The lowest BCUT2D eigenvalue weighted by Gasteiger charge is -2.19. The van der Waals surface area contributed by atoms with Crippen LogP contribution < -0.4 is 16.6 Å². The molecule has 0 aliphatic rings. The van der Waals surface area contributed by atoms with Crippen LogP contribution in [0.4, 0.5) is 11.6 Å². The largest absolute Gasteiger partial charge is 0.363 e. The van der Waals surface area contributed by atoms with Crippen molar-refractivity contribution in [2.75, 3.05) is 31.4 Å². The quantitative estimate of drug-likeness (QED) is 0.525. The maximum atomic E-state index is 5.41. The first-order valence-electron chi connectivity index (χ1n) is 5.81. The van der Waals surface area contributed by atoms with Crippen LogP contribution in [0.5, 0.6) is 0 Å². The van der Waals surface area contributed by atoms with Crippen molar-refractivity contribution in [2.24, 2.45) is 5.84 Å². The smallest absolute Gasteiger partial charge is 0.180 e. The Labute approximate surface area is 106 Å². The van der Waals surface area contributed by atoms with Crippen LogP contribution in [0.2, 0.25) is 0 Å². The Morgan fingerprint density at radius 1 is 1.50 bits per heavy atom. The summed E-state index contributed by atoms with van der Waals surface area (Å²) in [5, 5.41) is 3.35. The van der Waals surface area contributed by atoms with E-state index in [0.717, 1.165) is 18.0 Å². The molecule has 2 aromatic heterocycles. The molecule has 1 atom stereocenters. The first-order valence-corrected chi connectivity index (χ1v) is 5.81. The van der Waals surface area contributed by atoms with Crippen LogP contribution in [0.1, 0.15) is 6.92 Å². The van der Waals surface area contributed by atoms with Gasteiger partial charge < -0.3 is 20.0 Å². The van der Waals surface area contributed by atoms with Gasteiger partial charge in [-0.2, -0.15) is 0 Å². The van der Waals surface area contributed by atoms with Gasteiger partial charge in [0.15, 0.2) is 17.3 Å². The highest BCUT2D eigenvalue weighted by Crippen LogP contribution is 2.16. The lowest BCUT2D eigenvalue weighted by Crippen LogP contribution is -2.30. The Kier molecular flexibility index (Phi) is 3.63. The van der Waals surface area contributed by atoms with Crippen molar-refractivity contribution in [3.63, 3.8) is 0 Å². The summed E-state index contributed by atoms with van der Waals surface area (Å²) in [6.07, 6.45) is 5.39. The molecule has 7 heteroatoms. The number of nitrogens with two attached hydrogens (primary N) is 1. The first kappa shape index (κ1) is 12.6. The number of nitrogens with one attached hydrogen (secondary N) is 2. The van der Waals surface area contributed by atoms with Crippen LogP contribution in [0.15, 0.2) is 18.6 Å². The minimum Gasteiger partial charge on any atom is -0.363 e. The van der Waals surface area contributed by atoms with Crippen molar-refractivity contribution in [1.29, 1.82) is 0 Å². The van der Waals surface area contributed by atoms with Gasteiger partial charge in [-0.15, -0.1) is 0 Å². The average Bonchev–Trinajstić information content (AvgIpc) is 2.75. The molecule has 4 N–H and O–H groups in total. The van der Waals surface area contributed by atoms with E-state index in [9.17, 15) is 0 Å². The van der Waals surface area contributed by atoms with Gasteiger partial charge in [-0.25, -0.2) is 15.8 Å². The van der Waals surface area contributed by atoms with Crippen LogP contribution in [0, 0.1) is 0 Å². The van der Waals surface area contributed by atoms with Crippen molar-refractivity contribution in [2.45, 2.75) is 13.0 Å². The van der Waals surface area contributed by atoms with Crippen molar-refractivity contribution < 1.29 is 0 Å². The molecule has 0 amide bonds. The third-order valence-electron chi connectivity index (χ3n) is 2.54. The van der Waals surface area contributed by atoms with Gasteiger partial charge in [-0.05, 0) is 21.0 Å². The van der Waals surface area contributed by atoms with Gasteiger partial charge in [0.05, 0.1) is 6.20 Å². The number of imidazole rings is 1. The molecule has 18 heavy (non-hydrogen) atoms. The van der Waals surface area contributed by atoms with Gasteiger partial charge in [0.1, 0.15) is 0 Å². The van der Waals surface area contributed by atoms with Crippen LogP contribution in [-0.4, -0.2) is 46.0 Å². The molecule has 7 nitrogen and oxygen atoms in total. The van der Waals surface area contributed by atoms with Gasteiger partial charge >= 0.3 is 0 Å². The number of aromatic nitrogens is 3. The van der Waals surface area contributed by atoms with E-state index in [1.54, 1.807) is 12.4 Å². The molecule has 0 aliphatic heterocycles. The molecule has 0 radical (unpaired) electrons. The van der Waals surface area contributed by atoms with Crippen molar-refractivity contribution in [3.8, 4) is 0 Å². The Morgan fingerprint density at radius 3 is 2.94 bits per heavy atom. The van der Waals surface area contributed by atoms with E-state index in [1.807, 2.05) is 24.7 Å². The Hall–Kier alpha value is -1.86. The topological polar surface area (TPSA) is 83.5 Å². The van der Waals surface area contributed by atoms with Crippen molar-refractivity contribution in [1.82, 2.24) is 19.3 Å². The van der Waals surface area contributed by atoms with Gasteiger partial charge in [0.25, 0.3) is 0 Å². The zero-order valence-electron chi connectivity index (χ0n) is 10.9. The summed E-state index contributed by atoms with van der Waals surface area (Å²) in [6, 6.07) is 0.265. The first-order chi connectivity index (χ1) is 8.60. The predicted molar refractivity (Wildman–Crippen MR) is 72.4 cm³/mol. The van der Waals surface area contributed by atoms with Crippen LogP contribution in [0.25, 0.3) is 5.65 Å². The van der Waals surface area contributed by atoms with E-state index in [-0.39, 0.29) is 6.04 Å². The van der Waals surface area contributed by atoms with E-state index in [4.69, 9.17) is 5.84 Å². The molecule has 98 valence electrons. The molecule has 2 aromatic rings. The van der Waals surface area contributed by atoms with Crippen LogP contribution in [0.3, 0.4) is 0 Å². The summed E-state index contributed by atoms with van der Waals surface area (Å²) in [6.45, 7) is 3.01. The third-order valence-corrected chi connectivity index (χ3v) is 2.54. The molecule has 0 aromatic carbocycles. The molecule has 0 fully saturated rings. The molecule has 0 saturated carbocycles. The third kappa shape index (κ3) is 2.69. The highest BCUT2D eigenvalue weighted by atomic mass is 15.3. The standard InChI is InChI=1S/C11H19N7/c1-8(6-17(2)3)14-10-11-13-4-5-18(11)7-9(15-10)16-12/h4-5,7-8,16H,6,12H2,1-3H3,(H,14,15). The number of rotatable bonds is 5. The molecule has 0 aliphatic carbocycles. The molecule has 2 rings (SSSR count). The summed E-state index contributed by atoms with van der Waals surface area (Å²) in [4.78, 5) is 10.8. The van der Waals surface area contributed by atoms with E-state index in [0.29, 0.717) is 5.82 Å². The average molecular weight is 249 g/mol. The fourth-order valence-corrected chi connectivity index (χ4v) is 1.92. The maximum Gasteiger partial charge on any atom is 0.180 e. The number of fused-ring (bicyclic) bond motifs is 1. The minimum atomic E-state index is 0.265. The Morgan fingerprint density at radius 2 is 2.28 bits per heavy atom. The van der Waals surface area contributed by atoms with Gasteiger partial charge in [0, 0.05) is 25.0 Å². The highest BCUT2D eigenvalue weighted by Gasteiger charge is 2.10. The van der Waals surface area contributed by atoms with Gasteiger partial charge in [-0.1, -0.05) is 0 Å².